The number of benzene rings is 1. The summed E-state index contributed by atoms with van der Waals surface area (Å²) in [6.45, 7) is 6.06. The Labute approximate surface area is 176 Å². The van der Waals surface area contributed by atoms with Gasteiger partial charge in [0.2, 0.25) is 10.0 Å². The van der Waals surface area contributed by atoms with Crippen molar-refractivity contribution < 1.29 is 22.0 Å². The number of likely N-dealkylation sites (tertiary alicyclic amines) is 1. The van der Waals surface area contributed by atoms with E-state index in [0.29, 0.717) is 13.1 Å². The van der Waals surface area contributed by atoms with Gasteiger partial charge in [-0.3, -0.25) is 9.69 Å². The van der Waals surface area contributed by atoms with Crippen LogP contribution in [0, 0.1) is 5.82 Å². The molecule has 0 unspecified atom stereocenters. The SMILES string of the molecule is CCN(CC)S(=O)(=O)c1ccc(F)c(C(=O)NC[C@H](c2ccco2)N2CCCC2)c1. The summed E-state index contributed by atoms with van der Waals surface area (Å²) in [7, 11) is -3.79. The van der Waals surface area contributed by atoms with Gasteiger partial charge in [0.05, 0.1) is 22.8 Å². The number of hydrogen-bond acceptors (Lipinski definition) is 5. The number of furan rings is 1. The molecule has 2 heterocycles. The van der Waals surface area contributed by atoms with Gasteiger partial charge in [-0.15, -0.1) is 0 Å². The van der Waals surface area contributed by atoms with E-state index in [9.17, 15) is 17.6 Å². The Hall–Kier alpha value is -2.23. The molecule has 9 heteroatoms. The molecule has 0 saturated carbocycles. The van der Waals surface area contributed by atoms with Crippen LogP contribution in [0.25, 0.3) is 0 Å². The summed E-state index contributed by atoms with van der Waals surface area (Å²) in [5.41, 5.74) is -0.289. The number of hydrogen-bond donors (Lipinski definition) is 1. The fourth-order valence-electron chi connectivity index (χ4n) is 3.78. The second kappa shape index (κ2) is 9.72. The van der Waals surface area contributed by atoms with E-state index in [-0.39, 0.29) is 23.0 Å². The van der Waals surface area contributed by atoms with Gasteiger partial charge in [-0.2, -0.15) is 4.31 Å². The number of amides is 1. The van der Waals surface area contributed by atoms with Crippen LogP contribution in [0.5, 0.6) is 0 Å². The van der Waals surface area contributed by atoms with Crippen molar-refractivity contribution in [2.24, 2.45) is 0 Å². The van der Waals surface area contributed by atoms with Crippen LogP contribution in [0.4, 0.5) is 4.39 Å². The van der Waals surface area contributed by atoms with E-state index < -0.39 is 21.7 Å². The number of sulfonamides is 1. The average Bonchev–Trinajstić information content (AvgIpc) is 3.44. The molecule has 1 aliphatic rings. The monoisotopic (exact) mass is 437 g/mol. The van der Waals surface area contributed by atoms with Crippen molar-refractivity contribution in [1.82, 2.24) is 14.5 Å². The number of carbonyl (C=O) groups is 1. The van der Waals surface area contributed by atoms with Crippen molar-refractivity contribution in [2.45, 2.75) is 37.6 Å². The average molecular weight is 438 g/mol. The summed E-state index contributed by atoms with van der Waals surface area (Å²) in [4.78, 5) is 14.9. The Morgan fingerprint density at radius 1 is 1.23 bits per heavy atom. The number of rotatable bonds is 9. The van der Waals surface area contributed by atoms with Crippen LogP contribution in [-0.4, -0.2) is 56.3 Å². The van der Waals surface area contributed by atoms with E-state index in [2.05, 4.69) is 10.2 Å². The van der Waals surface area contributed by atoms with Gasteiger partial charge in [0.15, 0.2) is 0 Å². The largest absolute Gasteiger partial charge is 0.468 e. The van der Waals surface area contributed by atoms with Crippen molar-refractivity contribution in [3.05, 3.63) is 53.7 Å². The molecule has 0 radical (unpaired) electrons. The first-order valence-corrected chi connectivity index (χ1v) is 11.7. The maximum Gasteiger partial charge on any atom is 0.254 e. The van der Waals surface area contributed by atoms with E-state index in [1.807, 2.05) is 6.07 Å². The Morgan fingerprint density at radius 2 is 1.93 bits per heavy atom. The molecule has 2 aromatic rings. The second-order valence-electron chi connectivity index (χ2n) is 7.22. The third-order valence-electron chi connectivity index (χ3n) is 5.43. The van der Waals surface area contributed by atoms with Gasteiger partial charge in [0, 0.05) is 19.6 Å². The van der Waals surface area contributed by atoms with Gasteiger partial charge in [-0.1, -0.05) is 13.8 Å². The van der Waals surface area contributed by atoms with Gasteiger partial charge < -0.3 is 9.73 Å². The summed E-state index contributed by atoms with van der Waals surface area (Å²) >= 11 is 0. The standard InChI is InChI=1S/C21H28FN3O4S/c1-3-25(4-2)30(27,28)16-9-10-18(22)17(14-16)21(26)23-15-19(20-8-7-13-29-20)24-11-5-6-12-24/h7-10,13-14,19H,3-6,11-12,15H2,1-2H3,(H,23,26)/t19-/m1/s1. The second-order valence-corrected chi connectivity index (χ2v) is 9.15. The molecule has 1 aliphatic heterocycles. The summed E-state index contributed by atoms with van der Waals surface area (Å²) in [5.74, 6) is -0.683. The zero-order valence-corrected chi connectivity index (χ0v) is 18.1. The molecule has 164 valence electrons. The quantitative estimate of drug-likeness (QED) is 0.652. The van der Waals surface area contributed by atoms with E-state index in [1.54, 1.807) is 26.2 Å². The van der Waals surface area contributed by atoms with Crippen LogP contribution < -0.4 is 5.32 Å². The summed E-state index contributed by atoms with van der Waals surface area (Å²) < 4.78 is 46.6. The lowest BCUT2D eigenvalue weighted by atomic mass is 10.1. The number of nitrogens with zero attached hydrogens (tertiary/aromatic N) is 2. The van der Waals surface area contributed by atoms with Crippen molar-refractivity contribution in [1.29, 1.82) is 0 Å². The summed E-state index contributed by atoms with van der Waals surface area (Å²) in [5, 5.41) is 2.75. The molecule has 0 bridgehead atoms. The fraction of sp³-hybridized carbons (Fsp3) is 0.476. The van der Waals surface area contributed by atoms with Gasteiger partial charge in [0.25, 0.3) is 5.91 Å². The lowest BCUT2D eigenvalue weighted by molar-refractivity contribution is 0.0929. The predicted octanol–water partition coefficient (Wildman–Crippen LogP) is 3.02. The highest BCUT2D eigenvalue weighted by atomic mass is 32.2. The first kappa shape index (κ1) is 22.5. The first-order chi connectivity index (χ1) is 14.4. The Bertz CT molecular complexity index is 953. The fourth-order valence-corrected chi connectivity index (χ4v) is 5.26. The van der Waals surface area contributed by atoms with Crippen LogP contribution in [-0.2, 0) is 10.0 Å². The molecule has 1 amide bonds. The van der Waals surface area contributed by atoms with Gasteiger partial charge in [0.1, 0.15) is 11.6 Å². The van der Waals surface area contributed by atoms with Crippen molar-refractivity contribution in [3.63, 3.8) is 0 Å². The molecule has 1 N–H and O–H groups in total. The van der Waals surface area contributed by atoms with E-state index >= 15 is 0 Å². The molecule has 30 heavy (non-hydrogen) atoms. The molecule has 3 rings (SSSR count). The topological polar surface area (TPSA) is 82.9 Å². The Kier molecular flexibility index (Phi) is 7.27. The van der Waals surface area contributed by atoms with Crippen LogP contribution >= 0.6 is 0 Å². The summed E-state index contributed by atoms with van der Waals surface area (Å²) in [6, 6.07) is 6.81. The minimum Gasteiger partial charge on any atom is -0.468 e. The lowest BCUT2D eigenvalue weighted by Gasteiger charge is -2.26. The highest BCUT2D eigenvalue weighted by Gasteiger charge is 2.28. The van der Waals surface area contributed by atoms with Gasteiger partial charge in [-0.25, -0.2) is 12.8 Å². The maximum absolute atomic E-state index is 14.4. The maximum atomic E-state index is 14.4. The van der Waals surface area contributed by atoms with E-state index in [1.165, 1.54) is 10.4 Å². The van der Waals surface area contributed by atoms with Crippen LogP contribution in [0.2, 0.25) is 0 Å². The molecule has 1 saturated heterocycles. The third-order valence-corrected chi connectivity index (χ3v) is 7.48. The van der Waals surface area contributed by atoms with Crippen LogP contribution in [0.1, 0.15) is 48.8 Å². The van der Waals surface area contributed by atoms with Gasteiger partial charge >= 0.3 is 0 Å². The predicted molar refractivity (Wildman–Crippen MR) is 111 cm³/mol. The molecule has 1 aromatic heterocycles. The van der Waals surface area contributed by atoms with Crippen molar-refractivity contribution >= 4 is 15.9 Å². The Morgan fingerprint density at radius 3 is 2.53 bits per heavy atom. The van der Waals surface area contributed by atoms with Crippen molar-refractivity contribution in [2.75, 3.05) is 32.7 Å². The molecule has 1 fully saturated rings. The molecule has 7 nitrogen and oxygen atoms in total. The Balaban J connectivity index is 1.79. The molecule has 0 spiro atoms. The van der Waals surface area contributed by atoms with Crippen molar-refractivity contribution in [3.8, 4) is 0 Å². The highest BCUT2D eigenvalue weighted by molar-refractivity contribution is 7.89. The first-order valence-electron chi connectivity index (χ1n) is 10.2. The number of nitrogens with one attached hydrogen (secondary N) is 1. The normalized spacial score (nSPS) is 16.1. The number of carbonyl (C=O) groups excluding carboxylic acids is 1. The van der Waals surface area contributed by atoms with Crippen LogP contribution in [0.3, 0.4) is 0 Å². The minimum absolute atomic E-state index is 0.0973. The molecule has 1 aromatic carbocycles. The third kappa shape index (κ3) is 4.74. The van der Waals surface area contributed by atoms with E-state index in [0.717, 1.165) is 43.8 Å². The lowest BCUT2D eigenvalue weighted by Crippen LogP contribution is -2.37. The zero-order valence-electron chi connectivity index (χ0n) is 17.3. The molecule has 0 aliphatic carbocycles. The number of halogens is 1. The van der Waals surface area contributed by atoms with Gasteiger partial charge in [-0.05, 0) is 56.3 Å². The van der Waals surface area contributed by atoms with E-state index in [4.69, 9.17) is 4.42 Å². The highest BCUT2D eigenvalue weighted by Crippen LogP contribution is 2.25. The zero-order chi connectivity index (χ0) is 21.7. The minimum atomic E-state index is -3.79. The summed E-state index contributed by atoms with van der Waals surface area (Å²) in [6.07, 6.45) is 3.73. The van der Waals surface area contributed by atoms with Crippen LogP contribution in [0.15, 0.2) is 45.9 Å². The smallest absolute Gasteiger partial charge is 0.254 e. The molecule has 1 atom stereocenters. The molecular weight excluding hydrogens is 409 g/mol. The molecular formula is C21H28FN3O4S.